The van der Waals surface area contributed by atoms with Crippen LogP contribution >= 0.6 is 15.9 Å². The molecule has 100 valence electrons. The quantitative estimate of drug-likeness (QED) is 0.778. The van der Waals surface area contributed by atoms with Crippen molar-refractivity contribution in [3.63, 3.8) is 0 Å². The minimum Gasteiger partial charge on any atom is -0.397 e. The monoisotopic (exact) mass is 334 g/mol. The normalized spacial score (nSPS) is 10.7. The van der Waals surface area contributed by atoms with E-state index in [-0.39, 0.29) is 11.7 Å². The molecule has 0 bridgehead atoms. The molecule has 5 nitrogen and oxygen atoms in total. The molecule has 0 atom stereocenters. The van der Waals surface area contributed by atoms with Gasteiger partial charge in [0.25, 0.3) is 5.89 Å². The summed E-state index contributed by atoms with van der Waals surface area (Å²) in [6.07, 6.45) is 1.51. The van der Waals surface area contributed by atoms with Crippen LogP contribution in [0, 0.1) is 5.82 Å². The lowest BCUT2D eigenvalue weighted by molar-refractivity contribution is 0.431. The molecule has 0 amide bonds. The van der Waals surface area contributed by atoms with Crippen LogP contribution in [-0.2, 0) is 0 Å². The molecule has 0 aliphatic rings. The van der Waals surface area contributed by atoms with E-state index in [2.05, 4.69) is 31.1 Å². The number of pyridine rings is 1. The fourth-order valence-electron chi connectivity index (χ4n) is 1.64. The van der Waals surface area contributed by atoms with Gasteiger partial charge in [0.2, 0.25) is 5.82 Å². The van der Waals surface area contributed by atoms with Crippen LogP contribution in [0.15, 0.2) is 45.5 Å². The number of benzene rings is 1. The van der Waals surface area contributed by atoms with E-state index >= 15 is 0 Å². The zero-order valence-corrected chi connectivity index (χ0v) is 11.6. The molecule has 0 spiro atoms. The van der Waals surface area contributed by atoms with E-state index < -0.39 is 0 Å². The summed E-state index contributed by atoms with van der Waals surface area (Å²) in [7, 11) is 0. The average molecular weight is 335 g/mol. The van der Waals surface area contributed by atoms with E-state index in [0.29, 0.717) is 27.2 Å². The first-order chi connectivity index (χ1) is 9.63. The second kappa shape index (κ2) is 5.01. The van der Waals surface area contributed by atoms with Gasteiger partial charge in [0.1, 0.15) is 11.5 Å². The summed E-state index contributed by atoms with van der Waals surface area (Å²) in [6, 6.07) is 7.63. The van der Waals surface area contributed by atoms with E-state index in [4.69, 9.17) is 10.3 Å². The number of nitrogens with zero attached hydrogens (tertiary/aromatic N) is 3. The Bertz CT molecular complexity index is 757. The molecular weight excluding hydrogens is 327 g/mol. The Hall–Kier alpha value is -2.28. The third-order valence-corrected chi connectivity index (χ3v) is 3.26. The summed E-state index contributed by atoms with van der Waals surface area (Å²) in [5, 5.41) is 3.87. The summed E-state index contributed by atoms with van der Waals surface area (Å²) in [6.45, 7) is 0. The molecule has 7 heteroatoms. The molecule has 2 N–H and O–H groups in total. The van der Waals surface area contributed by atoms with Crippen molar-refractivity contribution in [2.24, 2.45) is 0 Å². The SMILES string of the molecule is Nc1ccc(-c2nc(-c3ccc(F)cc3Br)no2)nc1. The standard InChI is InChI=1S/C13H8BrFN4O/c14-10-5-7(15)1-3-9(10)12-18-13(20-19-12)11-4-2-8(16)6-17-11/h1-6H,16H2. The Morgan fingerprint density at radius 3 is 2.75 bits per heavy atom. The van der Waals surface area contributed by atoms with Gasteiger partial charge in [-0.25, -0.2) is 9.37 Å². The van der Waals surface area contributed by atoms with Crippen molar-refractivity contribution in [2.75, 3.05) is 5.73 Å². The van der Waals surface area contributed by atoms with Crippen molar-refractivity contribution >= 4 is 21.6 Å². The largest absolute Gasteiger partial charge is 0.397 e. The van der Waals surface area contributed by atoms with Crippen LogP contribution in [-0.4, -0.2) is 15.1 Å². The third kappa shape index (κ3) is 2.39. The second-order valence-electron chi connectivity index (χ2n) is 4.02. The van der Waals surface area contributed by atoms with Crippen molar-refractivity contribution in [3.05, 3.63) is 46.8 Å². The van der Waals surface area contributed by atoms with E-state index in [1.54, 1.807) is 18.2 Å². The lowest BCUT2D eigenvalue weighted by Crippen LogP contribution is -1.88. The molecule has 1 aromatic carbocycles. The lowest BCUT2D eigenvalue weighted by Gasteiger charge is -1.98. The molecule has 0 aliphatic heterocycles. The lowest BCUT2D eigenvalue weighted by atomic mass is 10.2. The van der Waals surface area contributed by atoms with Gasteiger partial charge < -0.3 is 10.3 Å². The zero-order valence-electron chi connectivity index (χ0n) is 10.0. The molecule has 0 radical (unpaired) electrons. The molecule has 0 fully saturated rings. The number of nitrogens with two attached hydrogens (primary N) is 1. The molecule has 3 rings (SSSR count). The maximum atomic E-state index is 13.1. The second-order valence-corrected chi connectivity index (χ2v) is 4.88. The fraction of sp³-hybridized carbons (Fsp3) is 0. The molecule has 3 aromatic rings. The minimum atomic E-state index is -0.343. The van der Waals surface area contributed by atoms with Crippen LogP contribution in [0.5, 0.6) is 0 Å². The van der Waals surface area contributed by atoms with Crippen molar-refractivity contribution in [1.29, 1.82) is 0 Å². The Morgan fingerprint density at radius 2 is 2.05 bits per heavy atom. The highest BCUT2D eigenvalue weighted by atomic mass is 79.9. The average Bonchev–Trinajstić information content (AvgIpc) is 2.89. The van der Waals surface area contributed by atoms with E-state index in [0.717, 1.165) is 0 Å². The van der Waals surface area contributed by atoms with Crippen molar-refractivity contribution in [2.45, 2.75) is 0 Å². The number of anilines is 1. The number of hydrogen-bond donors (Lipinski definition) is 1. The highest BCUT2D eigenvalue weighted by Crippen LogP contribution is 2.28. The number of rotatable bonds is 2. The van der Waals surface area contributed by atoms with Gasteiger partial charge in [0.05, 0.1) is 11.9 Å². The minimum absolute atomic E-state index is 0.274. The van der Waals surface area contributed by atoms with Crippen molar-refractivity contribution in [3.8, 4) is 23.0 Å². The van der Waals surface area contributed by atoms with Gasteiger partial charge in [0, 0.05) is 10.0 Å². The van der Waals surface area contributed by atoms with Gasteiger partial charge in [0.15, 0.2) is 0 Å². The van der Waals surface area contributed by atoms with Crippen LogP contribution in [0.25, 0.3) is 23.0 Å². The molecule has 20 heavy (non-hydrogen) atoms. The Labute approximate surface area is 121 Å². The van der Waals surface area contributed by atoms with Crippen LogP contribution in [0.3, 0.4) is 0 Å². The zero-order chi connectivity index (χ0) is 14.1. The molecule has 2 aromatic heterocycles. The van der Waals surface area contributed by atoms with Crippen molar-refractivity contribution in [1.82, 2.24) is 15.1 Å². The van der Waals surface area contributed by atoms with Crippen LogP contribution in [0.4, 0.5) is 10.1 Å². The summed E-state index contributed by atoms with van der Waals surface area (Å²) in [5.74, 6) is 0.284. The maximum absolute atomic E-state index is 13.1. The number of halogens is 2. The predicted octanol–water partition coefficient (Wildman–Crippen LogP) is 3.28. The van der Waals surface area contributed by atoms with E-state index in [1.165, 1.54) is 18.3 Å². The van der Waals surface area contributed by atoms with Gasteiger partial charge >= 0.3 is 0 Å². The molecular formula is C13H8BrFN4O. The Balaban J connectivity index is 1.99. The molecule has 0 saturated carbocycles. The molecule has 2 heterocycles. The van der Waals surface area contributed by atoms with Gasteiger partial charge in [-0.2, -0.15) is 4.98 Å². The highest BCUT2D eigenvalue weighted by Gasteiger charge is 2.14. The van der Waals surface area contributed by atoms with Crippen LogP contribution in [0.1, 0.15) is 0 Å². The first-order valence-corrected chi connectivity index (χ1v) is 6.44. The summed E-state index contributed by atoms with van der Waals surface area (Å²) < 4.78 is 18.8. The number of nitrogen functional groups attached to an aromatic ring is 1. The third-order valence-electron chi connectivity index (χ3n) is 2.60. The number of aromatic nitrogens is 3. The van der Waals surface area contributed by atoms with E-state index in [9.17, 15) is 4.39 Å². The van der Waals surface area contributed by atoms with Gasteiger partial charge in [-0.05, 0) is 46.3 Å². The first-order valence-electron chi connectivity index (χ1n) is 5.64. The Kier molecular flexibility index (Phi) is 3.19. The van der Waals surface area contributed by atoms with Gasteiger partial charge in [-0.3, -0.25) is 0 Å². The summed E-state index contributed by atoms with van der Waals surface area (Å²) in [5.41, 5.74) is 7.28. The molecule has 0 saturated heterocycles. The van der Waals surface area contributed by atoms with Crippen LogP contribution < -0.4 is 5.73 Å². The predicted molar refractivity (Wildman–Crippen MR) is 75.0 cm³/mol. The molecule has 0 aliphatic carbocycles. The summed E-state index contributed by atoms with van der Waals surface area (Å²) >= 11 is 3.27. The Morgan fingerprint density at radius 1 is 1.20 bits per heavy atom. The number of hydrogen-bond acceptors (Lipinski definition) is 5. The van der Waals surface area contributed by atoms with Gasteiger partial charge in [-0.15, -0.1) is 0 Å². The smallest absolute Gasteiger partial charge is 0.276 e. The van der Waals surface area contributed by atoms with E-state index in [1.807, 2.05) is 0 Å². The van der Waals surface area contributed by atoms with Crippen LogP contribution in [0.2, 0.25) is 0 Å². The maximum Gasteiger partial charge on any atom is 0.276 e. The highest BCUT2D eigenvalue weighted by molar-refractivity contribution is 9.10. The topological polar surface area (TPSA) is 77.8 Å². The van der Waals surface area contributed by atoms with Gasteiger partial charge in [-0.1, -0.05) is 5.16 Å². The summed E-state index contributed by atoms with van der Waals surface area (Å²) in [4.78, 5) is 8.34. The first kappa shape index (κ1) is 12.7. The molecule has 0 unspecified atom stereocenters. The van der Waals surface area contributed by atoms with Crippen molar-refractivity contribution < 1.29 is 8.91 Å². The fourth-order valence-corrected chi connectivity index (χ4v) is 2.17.